The van der Waals surface area contributed by atoms with E-state index >= 15 is 0 Å². The van der Waals surface area contributed by atoms with Crippen molar-refractivity contribution in [1.82, 2.24) is 10.2 Å². The second-order valence-corrected chi connectivity index (χ2v) is 4.84. The van der Waals surface area contributed by atoms with Crippen molar-refractivity contribution in [3.05, 3.63) is 0 Å². The molecule has 1 unspecified atom stereocenters. The van der Waals surface area contributed by atoms with Gasteiger partial charge in [-0.05, 0) is 58.3 Å². The highest BCUT2D eigenvalue weighted by atomic mass is 35.5. The third-order valence-electron chi connectivity index (χ3n) is 3.65. The number of nitrogens with one attached hydrogen (secondary N) is 1. The molecule has 16 heavy (non-hydrogen) atoms. The minimum absolute atomic E-state index is 0. The van der Waals surface area contributed by atoms with Crippen LogP contribution >= 0.6 is 24.8 Å². The zero-order valence-electron chi connectivity index (χ0n) is 10.1. The second kappa shape index (κ2) is 9.52. The molecule has 0 aromatic rings. The average Bonchev–Trinajstić information content (AvgIpc) is 2.29. The molecular weight excluding hydrogens is 243 g/mol. The number of hydrogen-bond acceptors (Lipinski definition) is 2. The molecule has 98 valence electrons. The molecule has 0 aliphatic carbocycles. The molecule has 0 bridgehead atoms. The Morgan fingerprint density at radius 2 is 1.69 bits per heavy atom. The van der Waals surface area contributed by atoms with E-state index in [0.29, 0.717) is 0 Å². The Bertz CT molecular complexity index is 137. The Morgan fingerprint density at radius 1 is 0.938 bits per heavy atom. The fraction of sp³-hybridized carbons (Fsp3) is 1.00. The van der Waals surface area contributed by atoms with Crippen LogP contribution < -0.4 is 5.32 Å². The molecule has 4 heteroatoms. The summed E-state index contributed by atoms with van der Waals surface area (Å²) in [5.41, 5.74) is 0. The van der Waals surface area contributed by atoms with Crippen LogP contribution in [0, 0.1) is 0 Å². The molecule has 2 rings (SSSR count). The van der Waals surface area contributed by atoms with Crippen molar-refractivity contribution < 1.29 is 0 Å². The van der Waals surface area contributed by atoms with Crippen molar-refractivity contribution in [3.63, 3.8) is 0 Å². The average molecular weight is 269 g/mol. The van der Waals surface area contributed by atoms with Gasteiger partial charge in [0.15, 0.2) is 0 Å². The number of rotatable bonds is 3. The van der Waals surface area contributed by atoms with Crippen LogP contribution in [0.1, 0.15) is 44.9 Å². The minimum atomic E-state index is 0. The van der Waals surface area contributed by atoms with Crippen LogP contribution in [0.2, 0.25) is 0 Å². The van der Waals surface area contributed by atoms with E-state index in [-0.39, 0.29) is 24.8 Å². The first kappa shape index (κ1) is 16.5. The van der Waals surface area contributed by atoms with E-state index in [1.54, 1.807) is 0 Å². The van der Waals surface area contributed by atoms with Gasteiger partial charge < -0.3 is 10.2 Å². The van der Waals surface area contributed by atoms with Gasteiger partial charge in [0.05, 0.1) is 0 Å². The van der Waals surface area contributed by atoms with Crippen LogP contribution in [0.25, 0.3) is 0 Å². The Kier molecular flexibility index (Phi) is 9.82. The molecule has 0 radical (unpaired) electrons. The summed E-state index contributed by atoms with van der Waals surface area (Å²) in [5, 5.41) is 3.63. The smallest absolute Gasteiger partial charge is 0.00792 e. The first-order valence-electron chi connectivity index (χ1n) is 6.41. The van der Waals surface area contributed by atoms with Gasteiger partial charge in [0.1, 0.15) is 0 Å². The van der Waals surface area contributed by atoms with Crippen molar-refractivity contribution >= 4 is 24.8 Å². The molecule has 0 aromatic heterocycles. The predicted molar refractivity (Wildman–Crippen MR) is 75.0 cm³/mol. The Labute approximate surface area is 112 Å². The van der Waals surface area contributed by atoms with Crippen molar-refractivity contribution in [2.45, 2.75) is 51.0 Å². The standard InChI is InChI=1S/C12H24N2.2ClH/c1-4-9-14(10-5-1)11-7-12-6-2-3-8-13-12;;/h12-13H,1-11H2;2*1H. The zero-order valence-corrected chi connectivity index (χ0v) is 11.8. The van der Waals surface area contributed by atoms with Crippen LogP contribution in [-0.4, -0.2) is 37.1 Å². The van der Waals surface area contributed by atoms with Gasteiger partial charge in [0.2, 0.25) is 0 Å². The van der Waals surface area contributed by atoms with Crippen LogP contribution in [0.15, 0.2) is 0 Å². The number of nitrogens with zero attached hydrogens (tertiary/aromatic N) is 1. The Balaban J connectivity index is 0.00000112. The van der Waals surface area contributed by atoms with Crippen molar-refractivity contribution in [2.24, 2.45) is 0 Å². The first-order chi connectivity index (χ1) is 6.95. The molecule has 2 nitrogen and oxygen atoms in total. The van der Waals surface area contributed by atoms with Gasteiger partial charge in [-0.1, -0.05) is 12.8 Å². The fourth-order valence-corrected chi connectivity index (χ4v) is 2.69. The van der Waals surface area contributed by atoms with E-state index in [1.807, 2.05) is 0 Å². The van der Waals surface area contributed by atoms with Gasteiger partial charge in [-0.2, -0.15) is 0 Å². The van der Waals surface area contributed by atoms with E-state index in [9.17, 15) is 0 Å². The summed E-state index contributed by atoms with van der Waals surface area (Å²) in [5.74, 6) is 0. The lowest BCUT2D eigenvalue weighted by Gasteiger charge is -2.30. The van der Waals surface area contributed by atoms with Crippen molar-refractivity contribution in [3.8, 4) is 0 Å². The molecule has 2 aliphatic heterocycles. The molecule has 2 saturated heterocycles. The maximum absolute atomic E-state index is 3.63. The SMILES string of the molecule is C1CCN(CCC2CCCCN2)CC1.Cl.Cl. The van der Waals surface area contributed by atoms with Crippen LogP contribution in [-0.2, 0) is 0 Å². The summed E-state index contributed by atoms with van der Waals surface area (Å²) in [7, 11) is 0. The summed E-state index contributed by atoms with van der Waals surface area (Å²) in [6.45, 7) is 5.29. The topological polar surface area (TPSA) is 15.3 Å². The summed E-state index contributed by atoms with van der Waals surface area (Å²) < 4.78 is 0. The predicted octanol–water partition coefficient (Wildman–Crippen LogP) is 2.85. The van der Waals surface area contributed by atoms with Crippen molar-refractivity contribution in [1.29, 1.82) is 0 Å². The number of likely N-dealkylation sites (tertiary alicyclic amines) is 1. The van der Waals surface area contributed by atoms with Gasteiger partial charge in [0, 0.05) is 6.04 Å². The fourth-order valence-electron chi connectivity index (χ4n) is 2.69. The summed E-state index contributed by atoms with van der Waals surface area (Å²) >= 11 is 0. The Hall–Kier alpha value is 0.500. The maximum Gasteiger partial charge on any atom is 0.00792 e. The highest BCUT2D eigenvalue weighted by molar-refractivity contribution is 5.85. The van der Waals surface area contributed by atoms with Crippen molar-refractivity contribution in [2.75, 3.05) is 26.2 Å². The lowest BCUT2D eigenvalue weighted by Crippen LogP contribution is -2.38. The van der Waals surface area contributed by atoms with Gasteiger partial charge in [-0.15, -0.1) is 24.8 Å². The van der Waals surface area contributed by atoms with E-state index in [1.165, 1.54) is 71.1 Å². The molecule has 2 aliphatic rings. The zero-order chi connectivity index (χ0) is 9.64. The lowest BCUT2D eigenvalue weighted by atomic mass is 10.0. The molecule has 2 fully saturated rings. The Morgan fingerprint density at radius 3 is 2.31 bits per heavy atom. The van der Waals surface area contributed by atoms with Gasteiger partial charge in [0.25, 0.3) is 0 Å². The van der Waals surface area contributed by atoms with Gasteiger partial charge in [-0.3, -0.25) is 0 Å². The maximum atomic E-state index is 3.63. The quantitative estimate of drug-likeness (QED) is 0.847. The highest BCUT2D eigenvalue weighted by Gasteiger charge is 2.15. The molecule has 0 saturated carbocycles. The molecule has 0 amide bonds. The van der Waals surface area contributed by atoms with Crippen LogP contribution in [0.5, 0.6) is 0 Å². The highest BCUT2D eigenvalue weighted by Crippen LogP contribution is 2.13. The summed E-state index contributed by atoms with van der Waals surface area (Å²) in [6, 6.07) is 0.825. The van der Waals surface area contributed by atoms with E-state index in [0.717, 1.165) is 6.04 Å². The monoisotopic (exact) mass is 268 g/mol. The van der Waals surface area contributed by atoms with Gasteiger partial charge >= 0.3 is 0 Å². The third kappa shape index (κ3) is 5.72. The number of piperidine rings is 2. The molecule has 2 heterocycles. The third-order valence-corrected chi connectivity index (χ3v) is 3.65. The molecule has 1 atom stereocenters. The van der Waals surface area contributed by atoms with Crippen LogP contribution in [0.3, 0.4) is 0 Å². The second-order valence-electron chi connectivity index (χ2n) is 4.84. The van der Waals surface area contributed by atoms with Gasteiger partial charge in [-0.25, -0.2) is 0 Å². The number of halogens is 2. The van der Waals surface area contributed by atoms with E-state index in [2.05, 4.69) is 10.2 Å². The summed E-state index contributed by atoms with van der Waals surface area (Å²) in [6.07, 6.45) is 9.93. The van der Waals surface area contributed by atoms with E-state index < -0.39 is 0 Å². The van der Waals surface area contributed by atoms with E-state index in [4.69, 9.17) is 0 Å². The summed E-state index contributed by atoms with van der Waals surface area (Å²) in [4.78, 5) is 2.65. The normalized spacial score (nSPS) is 26.6. The first-order valence-corrected chi connectivity index (χ1v) is 6.41. The largest absolute Gasteiger partial charge is 0.314 e. The molecular formula is C12H26Cl2N2. The molecule has 0 aromatic carbocycles. The molecule has 1 N–H and O–H groups in total. The minimum Gasteiger partial charge on any atom is -0.314 e. The molecule has 0 spiro atoms. The number of hydrogen-bond donors (Lipinski definition) is 1. The van der Waals surface area contributed by atoms with Crippen LogP contribution in [0.4, 0.5) is 0 Å². The lowest BCUT2D eigenvalue weighted by molar-refractivity contribution is 0.211.